The van der Waals surface area contributed by atoms with Gasteiger partial charge in [0.15, 0.2) is 6.73 Å². The first-order valence-corrected chi connectivity index (χ1v) is 9.94. The molecular weight excluding hydrogens is 422 g/mol. The molecule has 7 nitrogen and oxygen atoms in total. The molecule has 28 heavy (non-hydrogen) atoms. The molecule has 3 rings (SSSR count). The van der Waals surface area contributed by atoms with Crippen molar-refractivity contribution < 1.29 is 9.53 Å². The van der Waals surface area contributed by atoms with Crippen LogP contribution in [0.5, 0.6) is 5.75 Å². The summed E-state index contributed by atoms with van der Waals surface area (Å²) in [6, 6.07) is 9.48. The van der Waals surface area contributed by atoms with E-state index in [4.69, 9.17) is 4.74 Å². The molecule has 0 saturated carbocycles. The maximum absolute atomic E-state index is 12.3. The highest BCUT2D eigenvalue weighted by molar-refractivity contribution is 9.10. The van der Waals surface area contributed by atoms with Crippen LogP contribution >= 0.6 is 15.9 Å². The first-order valence-electron chi connectivity index (χ1n) is 9.15. The molecule has 2 aromatic heterocycles. The van der Waals surface area contributed by atoms with Gasteiger partial charge in [-0.1, -0.05) is 18.2 Å². The molecule has 8 heteroatoms. The quantitative estimate of drug-likeness (QED) is 0.537. The van der Waals surface area contributed by atoms with Gasteiger partial charge < -0.3 is 10.1 Å². The number of hydrogen-bond acceptors (Lipinski definition) is 4. The second-order valence-electron chi connectivity index (χ2n) is 6.60. The summed E-state index contributed by atoms with van der Waals surface area (Å²) in [5, 5.41) is 11.6. The summed E-state index contributed by atoms with van der Waals surface area (Å²) in [4.78, 5) is 12.3. The van der Waals surface area contributed by atoms with E-state index in [0.717, 1.165) is 40.1 Å². The van der Waals surface area contributed by atoms with Gasteiger partial charge in [0.05, 0.1) is 10.2 Å². The fourth-order valence-corrected chi connectivity index (χ4v) is 3.11. The molecule has 3 aromatic rings. The fraction of sp³-hybridized carbons (Fsp3) is 0.350. The lowest BCUT2D eigenvalue weighted by Gasteiger charge is -2.08. The Morgan fingerprint density at radius 1 is 1.18 bits per heavy atom. The average Bonchev–Trinajstić information content (AvgIpc) is 3.25. The number of carbonyl (C=O) groups excluding carboxylic acids is 1. The lowest BCUT2D eigenvalue weighted by atomic mass is 10.2. The number of halogens is 1. The minimum Gasteiger partial charge on any atom is -0.471 e. The monoisotopic (exact) mass is 445 g/mol. The molecule has 0 atom stereocenters. The van der Waals surface area contributed by atoms with Crippen molar-refractivity contribution in [3.63, 3.8) is 0 Å². The van der Waals surface area contributed by atoms with Crippen LogP contribution in [0.3, 0.4) is 0 Å². The predicted octanol–water partition coefficient (Wildman–Crippen LogP) is 3.62. The number of aromatic nitrogens is 4. The van der Waals surface area contributed by atoms with Gasteiger partial charge in [0.1, 0.15) is 11.4 Å². The molecule has 0 aliphatic carbocycles. The Morgan fingerprint density at radius 2 is 1.96 bits per heavy atom. The van der Waals surface area contributed by atoms with Crippen LogP contribution in [0, 0.1) is 20.8 Å². The number of nitrogens with zero attached hydrogens (tertiary/aromatic N) is 4. The Bertz CT molecular complexity index is 963. The van der Waals surface area contributed by atoms with Crippen molar-refractivity contribution in [2.45, 2.75) is 40.5 Å². The van der Waals surface area contributed by atoms with Crippen LogP contribution in [0.15, 0.2) is 41.0 Å². The Hall–Kier alpha value is -2.61. The summed E-state index contributed by atoms with van der Waals surface area (Å²) < 4.78 is 10.3. The number of aryl methyl sites for hydroxylation is 3. The van der Waals surface area contributed by atoms with Gasteiger partial charge in [0.2, 0.25) is 0 Å². The van der Waals surface area contributed by atoms with Crippen LogP contribution in [0.2, 0.25) is 0 Å². The van der Waals surface area contributed by atoms with Crippen molar-refractivity contribution in [2.75, 3.05) is 6.54 Å². The Kier molecular flexibility index (Phi) is 6.51. The summed E-state index contributed by atoms with van der Waals surface area (Å²) in [6.07, 6.45) is 2.53. The largest absolute Gasteiger partial charge is 0.471 e. The molecular formula is C20H24BrN5O2. The van der Waals surface area contributed by atoms with Gasteiger partial charge in [-0.3, -0.25) is 9.48 Å². The molecule has 1 aromatic carbocycles. The van der Waals surface area contributed by atoms with Gasteiger partial charge in [0.25, 0.3) is 5.91 Å². The van der Waals surface area contributed by atoms with Gasteiger partial charge in [-0.25, -0.2) is 4.68 Å². The molecule has 0 radical (unpaired) electrons. The number of amides is 1. The lowest BCUT2D eigenvalue weighted by molar-refractivity contribution is 0.0945. The van der Waals surface area contributed by atoms with E-state index in [9.17, 15) is 4.79 Å². The van der Waals surface area contributed by atoms with Crippen molar-refractivity contribution >= 4 is 21.8 Å². The fourth-order valence-electron chi connectivity index (χ4n) is 2.82. The van der Waals surface area contributed by atoms with Crippen LogP contribution in [-0.4, -0.2) is 32.0 Å². The van der Waals surface area contributed by atoms with Gasteiger partial charge in [0, 0.05) is 25.0 Å². The van der Waals surface area contributed by atoms with Crippen LogP contribution in [0.1, 0.15) is 33.9 Å². The minimum absolute atomic E-state index is 0.191. The van der Waals surface area contributed by atoms with Crippen molar-refractivity contribution in [1.29, 1.82) is 0 Å². The predicted molar refractivity (Wildman–Crippen MR) is 110 cm³/mol. The molecule has 0 aliphatic rings. The van der Waals surface area contributed by atoms with Gasteiger partial charge in [-0.15, -0.1) is 0 Å². The van der Waals surface area contributed by atoms with Gasteiger partial charge in [-0.05, 0) is 60.8 Å². The number of benzene rings is 1. The van der Waals surface area contributed by atoms with Crippen molar-refractivity contribution in [2.24, 2.45) is 0 Å². The topological polar surface area (TPSA) is 74.0 Å². The Balaban J connectivity index is 1.45. The van der Waals surface area contributed by atoms with Crippen molar-refractivity contribution in [1.82, 2.24) is 24.9 Å². The molecule has 2 heterocycles. The Morgan fingerprint density at radius 3 is 2.68 bits per heavy atom. The van der Waals surface area contributed by atoms with E-state index in [-0.39, 0.29) is 12.6 Å². The van der Waals surface area contributed by atoms with Crippen LogP contribution in [0.4, 0.5) is 0 Å². The second-order valence-corrected chi connectivity index (χ2v) is 7.39. The van der Waals surface area contributed by atoms with Crippen LogP contribution in [-0.2, 0) is 13.3 Å². The molecule has 1 N–H and O–H groups in total. The highest BCUT2D eigenvalue weighted by atomic mass is 79.9. The summed E-state index contributed by atoms with van der Waals surface area (Å²) in [6.45, 7) is 7.54. The van der Waals surface area contributed by atoms with E-state index >= 15 is 0 Å². The molecule has 0 spiro atoms. The van der Waals surface area contributed by atoms with Gasteiger partial charge in [-0.2, -0.15) is 10.2 Å². The van der Waals surface area contributed by atoms with Crippen LogP contribution < -0.4 is 10.1 Å². The standard InChI is InChI=1S/C20H24BrN5O2/c1-14-7-4-5-8-18(14)28-13-25-12-9-17(24-25)20(27)22-10-6-11-26-16(3)19(21)15(2)23-26/h4-5,7-9,12H,6,10-11,13H2,1-3H3,(H,22,27). The molecule has 0 fully saturated rings. The summed E-state index contributed by atoms with van der Waals surface area (Å²) in [7, 11) is 0. The van der Waals surface area contributed by atoms with E-state index in [1.54, 1.807) is 16.9 Å². The molecule has 148 valence electrons. The number of para-hydroxylation sites is 1. The summed E-state index contributed by atoms with van der Waals surface area (Å²) in [5.41, 5.74) is 3.50. The maximum Gasteiger partial charge on any atom is 0.271 e. The number of ether oxygens (including phenoxy) is 1. The molecule has 0 bridgehead atoms. The average molecular weight is 446 g/mol. The zero-order chi connectivity index (χ0) is 20.1. The third-order valence-corrected chi connectivity index (χ3v) is 5.59. The summed E-state index contributed by atoms with van der Waals surface area (Å²) in [5.74, 6) is 0.615. The van der Waals surface area contributed by atoms with Crippen molar-refractivity contribution in [3.05, 3.63) is 63.6 Å². The minimum atomic E-state index is -0.191. The maximum atomic E-state index is 12.3. The number of rotatable bonds is 8. The van der Waals surface area contributed by atoms with E-state index in [1.165, 1.54) is 0 Å². The zero-order valence-electron chi connectivity index (χ0n) is 16.3. The Labute approximate surface area is 172 Å². The van der Waals surface area contributed by atoms with E-state index in [1.807, 2.05) is 49.7 Å². The number of hydrogen-bond donors (Lipinski definition) is 1. The van der Waals surface area contributed by atoms with E-state index in [0.29, 0.717) is 12.2 Å². The van der Waals surface area contributed by atoms with Crippen molar-refractivity contribution in [3.8, 4) is 5.75 Å². The van der Waals surface area contributed by atoms with Crippen LogP contribution in [0.25, 0.3) is 0 Å². The third kappa shape index (κ3) is 4.81. The molecule has 0 unspecified atom stereocenters. The van der Waals surface area contributed by atoms with Gasteiger partial charge >= 0.3 is 0 Å². The third-order valence-electron chi connectivity index (χ3n) is 4.44. The van der Waals surface area contributed by atoms with E-state index in [2.05, 4.69) is 31.4 Å². The first-order chi connectivity index (χ1) is 13.5. The smallest absolute Gasteiger partial charge is 0.271 e. The highest BCUT2D eigenvalue weighted by Crippen LogP contribution is 2.19. The zero-order valence-corrected chi connectivity index (χ0v) is 17.9. The molecule has 0 aliphatic heterocycles. The molecule has 1 amide bonds. The first kappa shape index (κ1) is 20.1. The molecule has 0 saturated heterocycles. The van der Waals surface area contributed by atoms with E-state index < -0.39 is 0 Å². The number of carbonyl (C=O) groups is 1. The second kappa shape index (κ2) is 9.05. The normalized spacial score (nSPS) is 10.9. The summed E-state index contributed by atoms with van der Waals surface area (Å²) >= 11 is 3.52. The SMILES string of the molecule is Cc1ccccc1OCn1ccc(C(=O)NCCCn2nc(C)c(Br)c2C)n1. The lowest BCUT2D eigenvalue weighted by Crippen LogP contribution is -2.26. The number of nitrogens with one attached hydrogen (secondary N) is 1. The highest BCUT2D eigenvalue weighted by Gasteiger charge is 2.11.